The quantitative estimate of drug-likeness (QED) is 0.375. The third kappa shape index (κ3) is 6.27. The largest absolute Gasteiger partial charge is 0.127 e. The maximum Gasteiger partial charge on any atom is 0.0496 e. The maximum absolute atomic E-state index is 6.01. The van der Waals surface area contributed by atoms with Crippen LogP contribution in [0.15, 0.2) is 0 Å². The number of rotatable bonds is 6. The van der Waals surface area contributed by atoms with E-state index in [1.54, 1.807) is 0 Å². The Bertz CT molecular complexity index is 89.8. The van der Waals surface area contributed by atoms with Gasteiger partial charge in [0.2, 0.25) is 0 Å². The van der Waals surface area contributed by atoms with E-state index in [9.17, 15) is 0 Å². The number of alkyl halides is 3. The summed E-state index contributed by atoms with van der Waals surface area (Å²) in [7, 11) is 1.14. The van der Waals surface area contributed by atoms with Crippen molar-refractivity contribution in [1.82, 2.24) is 0 Å². The molecule has 0 aromatic carbocycles. The molecule has 0 fully saturated rings. The molecule has 0 aliphatic rings. The van der Waals surface area contributed by atoms with Gasteiger partial charge in [-0.3, -0.25) is 0 Å². The van der Waals surface area contributed by atoms with Gasteiger partial charge in [0.15, 0.2) is 0 Å². The molecule has 0 saturated carbocycles. The minimum Gasteiger partial charge on any atom is -0.127 e. The first-order valence-corrected chi connectivity index (χ1v) is 6.88. The van der Waals surface area contributed by atoms with E-state index in [1.807, 2.05) is 0 Å². The number of unbranched alkanes of at least 4 members (excludes halogenated alkanes) is 1. The molecule has 2 atom stereocenters. The first kappa shape index (κ1) is 12.1. The smallest absolute Gasteiger partial charge is 0.0496 e. The summed E-state index contributed by atoms with van der Waals surface area (Å²) < 4.78 is 0. The second-order valence-electron chi connectivity index (χ2n) is 2.62. The van der Waals surface area contributed by atoms with Crippen molar-refractivity contribution in [2.75, 3.05) is 5.88 Å². The maximum atomic E-state index is 6.01. The number of hydrogen-bond acceptors (Lipinski definition) is 0. The van der Waals surface area contributed by atoms with Gasteiger partial charge in [-0.1, -0.05) is 6.42 Å². The van der Waals surface area contributed by atoms with E-state index in [0.717, 1.165) is 41.4 Å². The van der Waals surface area contributed by atoms with Crippen molar-refractivity contribution in [2.24, 2.45) is 0 Å². The van der Waals surface area contributed by atoms with Crippen molar-refractivity contribution in [3.05, 3.63) is 0 Å². The molecule has 0 saturated heterocycles. The molecule has 0 heterocycles. The molecule has 0 amide bonds. The van der Waals surface area contributed by atoms with Gasteiger partial charge in [0.25, 0.3) is 0 Å². The first-order valence-electron chi connectivity index (χ1n) is 4.06. The Labute approximate surface area is 87.0 Å². The molecule has 68 valence electrons. The monoisotopic (exact) mass is 232 g/mol. The Morgan fingerprint density at radius 2 is 1.73 bits per heavy atom. The van der Waals surface area contributed by atoms with Gasteiger partial charge in [0.1, 0.15) is 0 Å². The summed E-state index contributed by atoms with van der Waals surface area (Å²) in [5.74, 6) is 0.734. The topological polar surface area (TPSA) is 0 Å². The second-order valence-corrected chi connectivity index (χ2v) is 4.94. The highest BCUT2D eigenvalue weighted by Crippen LogP contribution is 2.18. The predicted molar refractivity (Wildman–Crippen MR) is 58.6 cm³/mol. The third-order valence-corrected chi connectivity index (χ3v) is 4.57. The van der Waals surface area contributed by atoms with E-state index < -0.39 is 0 Å². The molecular formula is C7H15Cl3Si. The number of halogens is 3. The summed E-state index contributed by atoms with van der Waals surface area (Å²) in [6.45, 7) is 0. The molecule has 0 bridgehead atoms. The molecule has 4 heteroatoms. The van der Waals surface area contributed by atoms with Gasteiger partial charge in [0, 0.05) is 26.9 Å². The van der Waals surface area contributed by atoms with Crippen molar-refractivity contribution in [3.63, 3.8) is 0 Å². The molecule has 2 unspecified atom stereocenters. The zero-order valence-electron chi connectivity index (χ0n) is 6.82. The van der Waals surface area contributed by atoms with Crippen LogP contribution in [0.1, 0.15) is 19.3 Å². The first-order chi connectivity index (χ1) is 5.22. The molecular weight excluding hydrogens is 219 g/mol. The average Bonchev–Trinajstić information content (AvgIpc) is 2.03. The molecule has 0 aliphatic heterocycles. The Hall–Kier alpha value is 1.09. The predicted octanol–water partition coefficient (Wildman–Crippen LogP) is 2.39. The highest BCUT2D eigenvalue weighted by atomic mass is 35.5. The molecule has 11 heavy (non-hydrogen) atoms. The van der Waals surface area contributed by atoms with Crippen LogP contribution in [-0.2, 0) is 0 Å². The summed E-state index contributed by atoms with van der Waals surface area (Å²) in [6, 6.07) is 1.08. The van der Waals surface area contributed by atoms with Crippen LogP contribution < -0.4 is 0 Å². The van der Waals surface area contributed by atoms with E-state index >= 15 is 0 Å². The molecule has 0 radical (unpaired) electrons. The lowest BCUT2D eigenvalue weighted by Crippen LogP contribution is -2.14. The van der Waals surface area contributed by atoms with Crippen molar-refractivity contribution in [3.8, 4) is 0 Å². The number of hydrogen-bond donors (Lipinski definition) is 0. The van der Waals surface area contributed by atoms with Crippen molar-refractivity contribution < 1.29 is 0 Å². The standard InChI is InChI=1S/C7H15Cl3Si/c8-4-2-1-3-6(9)7(10)5-11/h6-7H,1-5H2,11H3. The fourth-order valence-corrected chi connectivity index (χ4v) is 2.39. The zero-order chi connectivity index (χ0) is 8.69. The normalized spacial score (nSPS) is 16.6. The fourth-order valence-electron chi connectivity index (χ4n) is 0.870. The lowest BCUT2D eigenvalue weighted by molar-refractivity contribution is 0.670. The van der Waals surface area contributed by atoms with Crippen molar-refractivity contribution in [1.29, 1.82) is 0 Å². The summed E-state index contributed by atoms with van der Waals surface area (Å²) >= 11 is 17.5. The Morgan fingerprint density at radius 1 is 1.09 bits per heavy atom. The van der Waals surface area contributed by atoms with Gasteiger partial charge >= 0.3 is 0 Å². The van der Waals surface area contributed by atoms with Crippen molar-refractivity contribution >= 4 is 45.0 Å². The lowest BCUT2D eigenvalue weighted by atomic mass is 10.1. The van der Waals surface area contributed by atoms with Crippen LogP contribution >= 0.6 is 34.8 Å². The Morgan fingerprint density at radius 3 is 2.18 bits per heavy atom. The van der Waals surface area contributed by atoms with Crippen LogP contribution in [0, 0.1) is 0 Å². The fraction of sp³-hybridized carbons (Fsp3) is 1.00. The molecule has 0 aliphatic carbocycles. The Kier molecular flexibility index (Phi) is 8.48. The van der Waals surface area contributed by atoms with Crippen LogP contribution in [0.4, 0.5) is 0 Å². The minimum absolute atomic E-state index is 0.150. The highest BCUT2D eigenvalue weighted by molar-refractivity contribution is 6.32. The second kappa shape index (κ2) is 7.72. The van der Waals surface area contributed by atoms with Crippen LogP contribution in [-0.4, -0.2) is 26.9 Å². The zero-order valence-corrected chi connectivity index (χ0v) is 11.1. The summed E-state index contributed by atoms with van der Waals surface area (Å²) in [6.07, 6.45) is 3.16. The molecule has 0 aromatic rings. The molecule has 0 rings (SSSR count). The SMILES string of the molecule is [SiH3]CC(Cl)C(Cl)CCCCCl. The van der Waals surface area contributed by atoms with E-state index in [4.69, 9.17) is 34.8 Å². The van der Waals surface area contributed by atoms with Crippen molar-refractivity contribution in [2.45, 2.75) is 36.1 Å². The van der Waals surface area contributed by atoms with Crippen LogP contribution in [0.3, 0.4) is 0 Å². The van der Waals surface area contributed by atoms with E-state index in [2.05, 4.69) is 0 Å². The average molecular weight is 234 g/mol. The van der Waals surface area contributed by atoms with Gasteiger partial charge in [-0.05, 0) is 18.9 Å². The lowest BCUT2D eigenvalue weighted by Gasteiger charge is -2.12. The summed E-state index contributed by atoms with van der Waals surface area (Å²) in [5, 5.41) is 0.330. The van der Waals surface area contributed by atoms with Gasteiger partial charge in [-0.25, -0.2) is 0 Å². The molecule has 0 N–H and O–H groups in total. The van der Waals surface area contributed by atoms with E-state index in [-0.39, 0.29) is 10.8 Å². The summed E-state index contributed by atoms with van der Waals surface area (Å²) in [4.78, 5) is 0. The van der Waals surface area contributed by atoms with E-state index in [0.29, 0.717) is 0 Å². The van der Waals surface area contributed by atoms with Crippen LogP contribution in [0.25, 0.3) is 0 Å². The van der Waals surface area contributed by atoms with Crippen LogP contribution in [0.5, 0.6) is 0 Å². The van der Waals surface area contributed by atoms with Gasteiger partial charge < -0.3 is 0 Å². The van der Waals surface area contributed by atoms with Gasteiger partial charge in [0.05, 0.1) is 0 Å². The minimum atomic E-state index is 0.150. The highest BCUT2D eigenvalue weighted by Gasteiger charge is 2.13. The van der Waals surface area contributed by atoms with E-state index in [1.165, 1.54) is 0 Å². The summed E-state index contributed by atoms with van der Waals surface area (Å²) in [5.41, 5.74) is 0. The third-order valence-electron chi connectivity index (χ3n) is 1.65. The Balaban J connectivity index is 3.28. The molecule has 0 nitrogen and oxygen atoms in total. The molecule has 0 aromatic heterocycles. The van der Waals surface area contributed by atoms with Crippen LogP contribution in [0.2, 0.25) is 6.04 Å². The molecule has 0 spiro atoms. The van der Waals surface area contributed by atoms with Gasteiger partial charge in [-0.2, -0.15) is 0 Å². The van der Waals surface area contributed by atoms with Gasteiger partial charge in [-0.15, -0.1) is 34.8 Å².